The fraction of sp³-hybridized carbons (Fsp3) is 0.625. The van der Waals surface area contributed by atoms with Crippen LogP contribution < -0.4 is 5.73 Å². The highest BCUT2D eigenvalue weighted by molar-refractivity contribution is 6.30. The summed E-state index contributed by atoms with van der Waals surface area (Å²) in [5, 5.41) is 0.178. The summed E-state index contributed by atoms with van der Waals surface area (Å²) in [5.74, 6) is -0.371. The fourth-order valence-corrected chi connectivity index (χ4v) is 3.63. The Labute approximate surface area is 126 Å². The molecule has 1 aliphatic rings. The molecular weight excluding hydrogens is 275 g/mol. The number of nitrogens with two attached hydrogens (primary N) is 1. The molecule has 1 unspecified atom stereocenters. The van der Waals surface area contributed by atoms with E-state index in [1.54, 1.807) is 12.1 Å². The quantitative estimate of drug-likeness (QED) is 0.920. The van der Waals surface area contributed by atoms with Gasteiger partial charge >= 0.3 is 0 Å². The molecule has 1 saturated carbocycles. The Kier molecular flexibility index (Phi) is 5.05. The van der Waals surface area contributed by atoms with Gasteiger partial charge in [-0.3, -0.25) is 0 Å². The predicted molar refractivity (Wildman–Crippen MR) is 82.6 cm³/mol. The summed E-state index contributed by atoms with van der Waals surface area (Å²) in [6, 6.07) is 4.95. The van der Waals surface area contributed by atoms with Gasteiger partial charge in [0.15, 0.2) is 0 Å². The summed E-state index contributed by atoms with van der Waals surface area (Å²) in [7, 11) is 4.23. The Morgan fingerprint density at radius 3 is 2.50 bits per heavy atom. The van der Waals surface area contributed by atoms with Gasteiger partial charge in [0.2, 0.25) is 0 Å². The standard InChI is InChI=1S/C16H24ClFN2/c1-20(2)16(8-4-3-5-9-16)15(19)11-12-6-7-14(18)13(17)10-12/h6-7,10,15H,3-5,8-9,11,19H2,1-2H3. The van der Waals surface area contributed by atoms with E-state index in [0.29, 0.717) is 0 Å². The lowest BCUT2D eigenvalue weighted by Gasteiger charge is -2.47. The van der Waals surface area contributed by atoms with E-state index in [4.69, 9.17) is 17.3 Å². The Bertz CT molecular complexity index is 456. The number of benzene rings is 1. The smallest absolute Gasteiger partial charge is 0.141 e. The summed E-state index contributed by atoms with van der Waals surface area (Å²) in [6.07, 6.45) is 6.77. The van der Waals surface area contributed by atoms with Crippen molar-refractivity contribution in [2.24, 2.45) is 5.73 Å². The molecule has 0 aromatic heterocycles. The Morgan fingerprint density at radius 1 is 1.30 bits per heavy atom. The molecule has 1 atom stereocenters. The highest BCUT2D eigenvalue weighted by Crippen LogP contribution is 2.35. The molecule has 20 heavy (non-hydrogen) atoms. The number of nitrogens with zero attached hydrogens (tertiary/aromatic N) is 1. The van der Waals surface area contributed by atoms with Crippen LogP contribution in [-0.4, -0.2) is 30.6 Å². The first-order valence-corrected chi connectivity index (χ1v) is 7.70. The van der Waals surface area contributed by atoms with Gasteiger partial charge in [-0.2, -0.15) is 0 Å². The third kappa shape index (κ3) is 3.16. The van der Waals surface area contributed by atoms with Crippen LogP contribution in [0.5, 0.6) is 0 Å². The largest absolute Gasteiger partial charge is 0.326 e. The van der Waals surface area contributed by atoms with Gasteiger partial charge in [0.25, 0.3) is 0 Å². The van der Waals surface area contributed by atoms with Crippen LogP contribution in [0.25, 0.3) is 0 Å². The molecule has 0 spiro atoms. The van der Waals surface area contributed by atoms with E-state index in [9.17, 15) is 4.39 Å². The third-order valence-electron chi connectivity index (χ3n) is 4.74. The summed E-state index contributed by atoms with van der Waals surface area (Å²) in [6.45, 7) is 0. The molecule has 0 radical (unpaired) electrons. The molecule has 0 amide bonds. The summed E-state index contributed by atoms with van der Waals surface area (Å²) >= 11 is 5.85. The van der Waals surface area contributed by atoms with Gasteiger partial charge < -0.3 is 10.6 Å². The molecule has 0 bridgehead atoms. The van der Waals surface area contributed by atoms with E-state index >= 15 is 0 Å². The highest BCUT2D eigenvalue weighted by atomic mass is 35.5. The van der Waals surface area contributed by atoms with Crippen molar-refractivity contribution in [1.29, 1.82) is 0 Å². The second-order valence-electron chi connectivity index (χ2n) is 6.12. The third-order valence-corrected chi connectivity index (χ3v) is 5.03. The summed E-state index contributed by atoms with van der Waals surface area (Å²) in [4.78, 5) is 2.28. The average molecular weight is 299 g/mol. The average Bonchev–Trinajstić information content (AvgIpc) is 2.43. The van der Waals surface area contributed by atoms with E-state index in [1.165, 1.54) is 25.3 Å². The van der Waals surface area contributed by atoms with Gasteiger partial charge in [-0.15, -0.1) is 0 Å². The minimum Gasteiger partial charge on any atom is -0.326 e. The molecule has 2 rings (SSSR count). The Hall–Kier alpha value is -0.640. The second kappa shape index (κ2) is 6.42. The van der Waals surface area contributed by atoms with Crippen molar-refractivity contribution in [3.05, 3.63) is 34.6 Å². The van der Waals surface area contributed by atoms with Gasteiger partial charge in [-0.05, 0) is 51.1 Å². The lowest BCUT2D eigenvalue weighted by Crippen LogP contribution is -2.59. The predicted octanol–water partition coefficient (Wildman–Crippen LogP) is 3.61. The first-order chi connectivity index (χ1) is 9.45. The number of hydrogen-bond acceptors (Lipinski definition) is 2. The molecule has 1 fully saturated rings. The highest BCUT2D eigenvalue weighted by Gasteiger charge is 2.39. The maximum absolute atomic E-state index is 13.2. The zero-order chi connectivity index (χ0) is 14.8. The second-order valence-corrected chi connectivity index (χ2v) is 6.52. The van der Waals surface area contributed by atoms with Gasteiger partial charge in [0, 0.05) is 11.6 Å². The van der Waals surface area contributed by atoms with Crippen LogP contribution in [0.4, 0.5) is 4.39 Å². The topological polar surface area (TPSA) is 29.3 Å². The van der Waals surface area contributed by atoms with Crippen LogP contribution >= 0.6 is 11.6 Å². The van der Waals surface area contributed by atoms with Crippen molar-refractivity contribution >= 4 is 11.6 Å². The Morgan fingerprint density at radius 2 is 1.95 bits per heavy atom. The van der Waals surface area contributed by atoms with E-state index in [1.807, 2.05) is 0 Å². The van der Waals surface area contributed by atoms with Gasteiger partial charge in [0.1, 0.15) is 5.82 Å². The first-order valence-electron chi connectivity index (χ1n) is 7.32. The molecule has 4 heteroatoms. The van der Waals surface area contributed by atoms with Crippen LogP contribution in [0.1, 0.15) is 37.7 Å². The normalized spacial score (nSPS) is 20.1. The maximum Gasteiger partial charge on any atom is 0.141 e. The minimum absolute atomic E-state index is 0.0410. The monoisotopic (exact) mass is 298 g/mol. The molecule has 0 aliphatic heterocycles. The molecule has 2 nitrogen and oxygen atoms in total. The molecule has 1 aromatic rings. The maximum atomic E-state index is 13.2. The van der Waals surface area contributed by atoms with Crippen molar-refractivity contribution in [2.45, 2.75) is 50.1 Å². The number of halogens is 2. The van der Waals surface area contributed by atoms with Crippen molar-refractivity contribution in [1.82, 2.24) is 4.90 Å². The molecule has 0 heterocycles. The summed E-state index contributed by atoms with van der Waals surface area (Å²) < 4.78 is 13.2. The van der Waals surface area contributed by atoms with Crippen LogP contribution in [-0.2, 0) is 6.42 Å². The van der Waals surface area contributed by atoms with Gasteiger partial charge in [0.05, 0.1) is 5.02 Å². The van der Waals surface area contributed by atoms with Crippen molar-refractivity contribution in [3.8, 4) is 0 Å². The van der Waals surface area contributed by atoms with Gasteiger partial charge in [-0.25, -0.2) is 4.39 Å². The van der Waals surface area contributed by atoms with E-state index < -0.39 is 0 Å². The van der Waals surface area contributed by atoms with Crippen LogP contribution in [0.2, 0.25) is 5.02 Å². The van der Waals surface area contributed by atoms with Gasteiger partial charge in [-0.1, -0.05) is 36.9 Å². The zero-order valence-corrected chi connectivity index (χ0v) is 13.1. The molecule has 1 aliphatic carbocycles. The SMILES string of the molecule is CN(C)C1(C(N)Cc2ccc(F)c(Cl)c2)CCCCC1. The lowest BCUT2D eigenvalue weighted by molar-refractivity contribution is 0.0716. The van der Waals surface area contributed by atoms with Crippen molar-refractivity contribution in [2.75, 3.05) is 14.1 Å². The number of likely N-dealkylation sites (N-methyl/N-ethyl adjacent to an activating group) is 1. The number of hydrogen-bond donors (Lipinski definition) is 1. The first kappa shape index (κ1) is 15.7. The van der Waals surface area contributed by atoms with Crippen LogP contribution in [0.3, 0.4) is 0 Å². The van der Waals surface area contributed by atoms with Crippen LogP contribution in [0.15, 0.2) is 18.2 Å². The molecular formula is C16H24ClFN2. The molecule has 1 aromatic carbocycles. The summed E-state index contributed by atoms with van der Waals surface area (Å²) in [5.41, 5.74) is 7.59. The van der Waals surface area contributed by atoms with Crippen LogP contribution in [0, 0.1) is 5.82 Å². The molecule has 0 saturated heterocycles. The zero-order valence-electron chi connectivity index (χ0n) is 12.3. The lowest BCUT2D eigenvalue weighted by atomic mass is 9.74. The Balaban J connectivity index is 2.15. The van der Waals surface area contributed by atoms with E-state index in [2.05, 4.69) is 19.0 Å². The molecule has 2 N–H and O–H groups in total. The molecule has 112 valence electrons. The van der Waals surface area contributed by atoms with E-state index in [-0.39, 0.29) is 22.4 Å². The minimum atomic E-state index is -0.371. The van der Waals surface area contributed by atoms with E-state index in [0.717, 1.165) is 24.8 Å². The fourth-order valence-electron chi connectivity index (χ4n) is 3.42. The number of rotatable bonds is 4. The van der Waals surface area contributed by atoms with Crippen molar-refractivity contribution in [3.63, 3.8) is 0 Å². The van der Waals surface area contributed by atoms with Crippen molar-refractivity contribution < 1.29 is 4.39 Å².